The van der Waals surface area contributed by atoms with Crippen LogP contribution in [0.1, 0.15) is 15.9 Å². The molecule has 2 aromatic carbocycles. The van der Waals surface area contributed by atoms with E-state index in [1.54, 1.807) is 35.1 Å². The zero-order valence-corrected chi connectivity index (χ0v) is 19.2. The summed E-state index contributed by atoms with van der Waals surface area (Å²) in [4.78, 5) is 21.6. The van der Waals surface area contributed by atoms with Crippen LogP contribution < -0.4 is 20.5 Å². The predicted octanol–water partition coefficient (Wildman–Crippen LogP) is 4.24. The van der Waals surface area contributed by atoms with E-state index >= 15 is 0 Å². The van der Waals surface area contributed by atoms with Crippen LogP contribution in [0.15, 0.2) is 79.1 Å². The molecular weight excluding hydrogens is 463 g/mol. The molecule has 0 saturated heterocycles. The standard InChI is InChI=1S/C26H21FN6O3/c1-35-25-21(12-18(15-30-25)16-10-11-33-23(13-16)31-26(28)32-33)24(34)29-14-17-4-2-3-5-22(17)36-20-8-6-19(27)7-9-20/h2-13,15H,14H2,1H3,(H2,28,32)(H,29,34). The quantitative estimate of drug-likeness (QED) is 0.355. The van der Waals surface area contributed by atoms with Gasteiger partial charge in [0.25, 0.3) is 5.91 Å². The van der Waals surface area contributed by atoms with E-state index in [0.717, 1.165) is 11.1 Å². The Bertz CT molecular complexity index is 1550. The Hall–Kier alpha value is -4.99. The minimum absolute atomic E-state index is 0.170. The maximum atomic E-state index is 13.2. The van der Waals surface area contributed by atoms with Crippen molar-refractivity contribution in [2.75, 3.05) is 12.8 Å². The summed E-state index contributed by atoms with van der Waals surface area (Å²) < 4.78 is 26.0. The molecule has 0 radical (unpaired) electrons. The Balaban J connectivity index is 1.37. The maximum Gasteiger partial charge on any atom is 0.257 e. The van der Waals surface area contributed by atoms with Crippen molar-refractivity contribution in [1.29, 1.82) is 0 Å². The number of methoxy groups -OCH3 is 1. The normalized spacial score (nSPS) is 10.8. The van der Waals surface area contributed by atoms with Crippen molar-refractivity contribution in [2.24, 2.45) is 0 Å². The van der Waals surface area contributed by atoms with Crippen molar-refractivity contribution >= 4 is 17.5 Å². The molecule has 0 fully saturated rings. The van der Waals surface area contributed by atoms with Crippen molar-refractivity contribution in [3.8, 4) is 28.5 Å². The summed E-state index contributed by atoms with van der Waals surface area (Å²) in [5.41, 5.74) is 8.75. The predicted molar refractivity (Wildman–Crippen MR) is 131 cm³/mol. The molecule has 0 unspecified atom stereocenters. The number of hydrogen-bond donors (Lipinski definition) is 2. The molecule has 3 aromatic heterocycles. The first kappa shape index (κ1) is 22.8. The fourth-order valence-corrected chi connectivity index (χ4v) is 3.66. The number of nitrogen functional groups attached to an aromatic ring is 1. The smallest absolute Gasteiger partial charge is 0.257 e. The first-order valence-electron chi connectivity index (χ1n) is 11.0. The highest BCUT2D eigenvalue weighted by atomic mass is 19.1. The summed E-state index contributed by atoms with van der Waals surface area (Å²) >= 11 is 0. The van der Waals surface area contributed by atoms with Crippen molar-refractivity contribution in [2.45, 2.75) is 6.54 Å². The molecular formula is C26H21FN6O3. The molecule has 3 heterocycles. The van der Waals surface area contributed by atoms with Crippen LogP contribution in [0.4, 0.5) is 10.3 Å². The van der Waals surface area contributed by atoms with Crippen molar-refractivity contribution < 1.29 is 18.7 Å². The zero-order valence-electron chi connectivity index (χ0n) is 19.2. The number of anilines is 1. The fourth-order valence-electron chi connectivity index (χ4n) is 3.66. The van der Waals surface area contributed by atoms with Crippen LogP contribution >= 0.6 is 0 Å². The van der Waals surface area contributed by atoms with Crippen LogP contribution in [-0.4, -0.2) is 32.6 Å². The summed E-state index contributed by atoms with van der Waals surface area (Å²) in [7, 11) is 1.45. The van der Waals surface area contributed by atoms with E-state index in [-0.39, 0.29) is 35.7 Å². The van der Waals surface area contributed by atoms with Crippen LogP contribution in [0.5, 0.6) is 17.4 Å². The number of carbonyl (C=O) groups excluding carboxylic acids is 1. The van der Waals surface area contributed by atoms with Gasteiger partial charge in [-0.25, -0.2) is 13.9 Å². The molecule has 0 bridgehead atoms. The second-order valence-corrected chi connectivity index (χ2v) is 7.82. The number of halogens is 1. The lowest BCUT2D eigenvalue weighted by Crippen LogP contribution is -2.24. The van der Waals surface area contributed by atoms with Crippen LogP contribution in [0.25, 0.3) is 16.8 Å². The molecule has 5 aromatic rings. The molecule has 0 aliphatic carbocycles. The number of fused-ring (bicyclic) bond motifs is 1. The molecule has 0 aliphatic heterocycles. The third kappa shape index (κ3) is 4.78. The summed E-state index contributed by atoms with van der Waals surface area (Å²) in [6.07, 6.45) is 3.35. The van der Waals surface area contributed by atoms with Crippen molar-refractivity contribution in [1.82, 2.24) is 24.9 Å². The number of aromatic nitrogens is 4. The monoisotopic (exact) mass is 484 g/mol. The number of amides is 1. The average Bonchev–Trinajstić information content (AvgIpc) is 3.28. The van der Waals surface area contributed by atoms with Gasteiger partial charge in [-0.3, -0.25) is 4.79 Å². The van der Waals surface area contributed by atoms with Gasteiger partial charge >= 0.3 is 0 Å². The van der Waals surface area contributed by atoms with Gasteiger partial charge in [0.15, 0.2) is 5.65 Å². The molecule has 1 amide bonds. The maximum absolute atomic E-state index is 13.2. The van der Waals surface area contributed by atoms with Crippen LogP contribution in [0.2, 0.25) is 0 Å². The van der Waals surface area contributed by atoms with Crippen LogP contribution in [0.3, 0.4) is 0 Å². The SMILES string of the molecule is COc1ncc(-c2ccn3nc(N)nc3c2)cc1C(=O)NCc1ccccc1Oc1ccc(F)cc1. The van der Waals surface area contributed by atoms with Gasteiger partial charge in [0, 0.05) is 30.1 Å². The zero-order chi connectivity index (χ0) is 25.1. The minimum Gasteiger partial charge on any atom is -0.480 e. The van der Waals surface area contributed by atoms with Crippen LogP contribution in [0, 0.1) is 5.82 Å². The number of ether oxygens (including phenoxy) is 2. The number of rotatable bonds is 7. The Morgan fingerprint density at radius 2 is 1.89 bits per heavy atom. The second kappa shape index (κ2) is 9.71. The van der Waals surface area contributed by atoms with Gasteiger partial charge in [0.1, 0.15) is 22.9 Å². The number of para-hydroxylation sites is 1. The topological polar surface area (TPSA) is 117 Å². The van der Waals surface area contributed by atoms with Gasteiger partial charge in [-0.15, -0.1) is 5.10 Å². The number of nitrogens with one attached hydrogen (secondary N) is 1. The van der Waals surface area contributed by atoms with Crippen molar-refractivity contribution in [3.63, 3.8) is 0 Å². The number of pyridine rings is 2. The first-order chi connectivity index (χ1) is 17.5. The van der Waals surface area contributed by atoms with E-state index in [2.05, 4.69) is 20.4 Å². The summed E-state index contributed by atoms with van der Waals surface area (Å²) in [5, 5.41) is 6.96. The number of nitrogens with zero attached hydrogens (tertiary/aromatic N) is 4. The van der Waals surface area contributed by atoms with Gasteiger partial charge in [0.05, 0.1) is 7.11 Å². The van der Waals surface area contributed by atoms with Gasteiger partial charge in [0.2, 0.25) is 11.8 Å². The third-order valence-corrected chi connectivity index (χ3v) is 5.43. The second-order valence-electron chi connectivity index (χ2n) is 7.82. The lowest BCUT2D eigenvalue weighted by molar-refractivity contribution is 0.0947. The van der Waals surface area contributed by atoms with E-state index < -0.39 is 0 Å². The minimum atomic E-state index is -0.370. The van der Waals surface area contributed by atoms with E-state index in [9.17, 15) is 9.18 Å². The van der Waals surface area contributed by atoms with Gasteiger partial charge in [-0.2, -0.15) is 4.98 Å². The highest BCUT2D eigenvalue weighted by molar-refractivity contribution is 5.97. The largest absolute Gasteiger partial charge is 0.480 e. The molecule has 9 nitrogen and oxygen atoms in total. The number of carbonyl (C=O) groups is 1. The van der Waals surface area contributed by atoms with E-state index in [1.165, 1.54) is 31.4 Å². The molecule has 10 heteroatoms. The molecule has 5 rings (SSSR count). The molecule has 0 aliphatic rings. The number of hydrogen-bond acceptors (Lipinski definition) is 7. The highest BCUT2D eigenvalue weighted by Crippen LogP contribution is 2.27. The van der Waals surface area contributed by atoms with E-state index in [4.69, 9.17) is 15.2 Å². The molecule has 36 heavy (non-hydrogen) atoms. The number of benzene rings is 2. The summed E-state index contributed by atoms with van der Waals surface area (Å²) in [6.45, 7) is 0.189. The van der Waals surface area contributed by atoms with Gasteiger partial charge in [-0.05, 0) is 54.1 Å². The Kier molecular flexibility index (Phi) is 6.14. The Morgan fingerprint density at radius 1 is 1.08 bits per heavy atom. The lowest BCUT2D eigenvalue weighted by Gasteiger charge is -2.13. The Morgan fingerprint density at radius 3 is 2.69 bits per heavy atom. The first-order valence-corrected chi connectivity index (χ1v) is 11.0. The van der Waals surface area contributed by atoms with Crippen molar-refractivity contribution in [3.05, 3.63) is 96.1 Å². The average molecular weight is 484 g/mol. The van der Waals surface area contributed by atoms with E-state index in [0.29, 0.717) is 22.7 Å². The Labute approximate surface area is 205 Å². The summed E-state index contributed by atoms with van der Waals surface area (Å²) in [6, 6.07) is 18.3. The molecule has 0 saturated carbocycles. The van der Waals surface area contributed by atoms with Crippen LogP contribution in [-0.2, 0) is 6.54 Å². The molecule has 0 atom stereocenters. The van der Waals surface area contributed by atoms with Gasteiger partial charge in [-0.1, -0.05) is 18.2 Å². The lowest BCUT2D eigenvalue weighted by atomic mass is 10.1. The van der Waals surface area contributed by atoms with E-state index in [1.807, 2.05) is 24.3 Å². The summed E-state index contributed by atoms with van der Waals surface area (Å²) in [5.74, 6) is 0.678. The highest BCUT2D eigenvalue weighted by Gasteiger charge is 2.17. The fraction of sp³-hybridized carbons (Fsp3) is 0.0769. The third-order valence-electron chi connectivity index (χ3n) is 5.43. The van der Waals surface area contributed by atoms with Gasteiger partial charge < -0.3 is 20.5 Å². The molecule has 180 valence electrons. The molecule has 3 N–H and O–H groups in total. The molecule has 0 spiro atoms. The number of nitrogens with two attached hydrogens (primary N) is 1.